The van der Waals surface area contributed by atoms with Gasteiger partial charge in [-0.05, 0) is 30.5 Å². The lowest BCUT2D eigenvalue weighted by molar-refractivity contribution is 0.0744. The van der Waals surface area contributed by atoms with E-state index in [0.29, 0.717) is 0 Å². The van der Waals surface area contributed by atoms with E-state index in [2.05, 4.69) is 35.7 Å². The fraction of sp³-hybridized carbons (Fsp3) is 0.429. The molecule has 1 N–H and O–H groups in total. The van der Waals surface area contributed by atoms with E-state index in [1.165, 1.54) is 23.1 Å². The van der Waals surface area contributed by atoms with Crippen molar-refractivity contribution < 1.29 is 4.74 Å². The fourth-order valence-electron chi connectivity index (χ4n) is 2.51. The molecule has 0 saturated carbocycles. The summed E-state index contributed by atoms with van der Waals surface area (Å²) in [5.41, 5.74) is 4.29. The normalized spacial score (nSPS) is 27.0. The fourth-order valence-corrected chi connectivity index (χ4v) is 2.51. The van der Waals surface area contributed by atoms with E-state index >= 15 is 0 Å². The van der Waals surface area contributed by atoms with Gasteiger partial charge in [0.2, 0.25) is 0 Å². The number of benzene rings is 1. The van der Waals surface area contributed by atoms with Crippen molar-refractivity contribution in [3.63, 3.8) is 0 Å². The summed E-state index contributed by atoms with van der Waals surface area (Å²) in [4.78, 5) is 0. The minimum atomic E-state index is 0.180. The minimum Gasteiger partial charge on any atom is -0.369 e. The standard InChI is InChI=1S/C14H17NO/c1-2-4-13-12(3-1)6-8-16-14(13)9-11-5-7-15-10-11/h1-4,9,14-15H,5-8,10H2/b11-9-. The summed E-state index contributed by atoms with van der Waals surface area (Å²) in [7, 11) is 0. The SMILES string of the molecule is C(=C1\CCNC1)/C1OCCc2ccccc21. The Morgan fingerprint density at radius 3 is 3.06 bits per heavy atom. The van der Waals surface area contributed by atoms with Gasteiger partial charge in [0.1, 0.15) is 6.10 Å². The molecule has 2 aliphatic heterocycles. The van der Waals surface area contributed by atoms with E-state index in [1.54, 1.807) is 0 Å². The van der Waals surface area contributed by atoms with Gasteiger partial charge in [-0.25, -0.2) is 0 Å². The molecule has 2 nitrogen and oxygen atoms in total. The van der Waals surface area contributed by atoms with Crippen LogP contribution in [0.1, 0.15) is 23.7 Å². The highest BCUT2D eigenvalue weighted by molar-refractivity contribution is 5.34. The van der Waals surface area contributed by atoms with Gasteiger partial charge in [-0.3, -0.25) is 0 Å². The molecule has 1 aromatic carbocycles. The second kappa shape index (κ2) is 4.40. The van der Waals surface area contributed by atoms with Gasteiger partial charge in [-0.15, -0.1) is 0 Å². The zero-order valence-corrected chi connectivity index (χ0v) is 9.41. The molecule has 1 fully saturated rings. The predicted octanol–water partition coefficient (Wildman–Crippen LogP) is 2.22. The number of rotatable bonds is 1. The molecular formula is C14H17NO. The first-order chi connectivity index (χ1) is 7.93. The molecule has 0 aromatic heterocycles. The second-order valence-corrected chi connectivity index (χ2v) is 4.49. The maximum Gasteiger partial charge on any atom is 0.101 e. The number of ether oxygens (including phenoxy) is 1. The summed E-state index contributed by atoms with van der Waals surface area (Å²) < 4.78 is 5.86. The molecule has 84 valence electrons. The lowest BCUT2D eigenvalue weighted by Crippen LogP contribution is -2.15. The van der Waals surface area contributed by atoms with Crippen molar-refractivity contribution in [3.05, 3.63) is 47.0 Å². The van der Waals surface area contributed by atoms with Crippen LogP contribution < -0.4 is 5.32 Å². The van der Waals surface area contributed by atoms with Gasteiger partial charge < -0.3 is 10.1 Å². The number of hydrogen-bond donors (Lipinski definition) is 1. The monoisotopic (exact) mass is 215 g/mol. The van der Waals surface area contributed by atoms with Gasteiger partial charge in [0, 0.05) is 6.54 Å². The Kier molecular flexibility index (Phi) is 2.77. The summed E-state index contributed by atoms with van der Waals surface area (Å²) in [6, 6.07) is 8.63. The molecular weight excluding hydrogens is 198 g/mol. The molecule has 0 spiro atoms. The summed E-state index contributed by atoms with van der Waals surface area (Å²) in [5.74, 6) is 0. The van der Waals surface area contributed by atoms with Crippen molar-refractivity contribution in [2.24, 2.45) is 0 Å². The Bertz CT molecular complexity index is 403. The van der Waals surface area contributed by atoms with Crippen LogP contribution in [-0.4, -0.2) is 19.7 Å². The maximum atomic E-state index is 5.86. The smallest absolute Gasteiger partial charge is 0.101 e. The Balaban J connectivity index is 1.89. The first kappa shape index (κ1) is 10.1. The van der Waals surface area contributed by atoms with E-state index in [9.17, 15) is 0 Å². The van der Waals surface area contributed by atoms with Crippen LogP contribution in [0.4, 0.5) is 0 Å². The summed E-state index contributed by atoms with van der Waals surface area (Å²) in [6.45, 7) is 2.99. The van der Waals surface area contributed by atoms with Gasteiger partial charge in [0.15, 0.2) is 0 Å². The molecule has 16 heavy (non-hydrogen) atoms. The van der Waals surface area contributed by atoms with Gasteiger partial charge in [0.25, 0.3) is 0 Å². The molecule has 1 aromatic rings. The van der Waals surface area contributed by atoms with Crippen molar-refractivity contribution in [1.82, 2.24) is 5.32 Å². The molecule has 2 heterocycles. The average Bonchev–Trinajstić information content (AvgIpc) is 2.82. The Morgan fingerprint density at radius 1 is 1.25 bits per heavy atom. The van der Waals surface area contributed by atoms with E-state index in [4.69, 9.17) is 4.74 Å². The zero-order chi connectivity index (χ0) is 10.8. The Morgan fingerprint density at radius 2 is 2.19 bits per heavy atom. The van der Waals surface area contributed by atoms with Crippen LogP contribution in [0.25, 0.3) is 0 Å². The van der Waals surface area contributed by atoms with Crippen LogP contribution in [-0.2, 0) is 11.2 Å². The van der Waals surface area contributed by atoms with Gasteiger partial charge in [0.05, 0.1) is 6.61 Å². The largest absolute Gasteiger partial charge is 0.369 e. The van der Waals surface area contributed by atoms with Crippen LogP contribution in [0.5, 0.6) is 0 Å². The van der Waals surface area contributed by atoms with Crippen LogP contribution in [0.15, 0.2) is 35.9 Å². The van der Waals surface area contributed by atoms with Gasteiger partial charge in [-0.2, -0.15) is 0 Å². The van der Waals surface area contributed by atoms with Crippen molar-refractivity contribution in [2.45, 2.75) is 18.9 Å². The number of fused-ring (bicyclic) bond motifs is 1. The first-order valence-electron chi connectivity index (χ1n) is 6.03. The molecule has 1 unspecified atom stereocenters. The highest BCUT2D eigenvalue weighted by Gasteiger charge is 2.19. The third kappa shape index (κ3) is 1.91. The highest BCUT2D eigenvalue weighted by Crippen LogP contribution is 2.29. The summed E-state index contributed by atoms with van der Waals surface area (Å²) >= 11 is 0. The van der Waals surface area contributed by atoms with Crippen LogP contribution in [0.2, 0.25) is 0 Å². The number of nitrogens with one attached hydrogen (secondary N) is 1. The quantitative estimate of drug-likeness (QED) is 0.725. The third-order valence-electron chi connectivity index (χ3n) is 3.39. The minimum absolute atomic E-state index is 0.180. The molecule has 2 aliphatic rings. The average molecular weight is 215 g/mol. The van der Waals surface area contributed by atoms with Crippen molar-refractivity contribution in [2.75, 3.05) is 19.7 Å². The van der Waals surface area contributed by atoms with Crippen LogP contribution >= 0.6 is 0 Å². The van der Waals surface area contributed by atoms with Crippen LogP contribution in [0.3, 0.4) is 0 Å². The topological polar surface area (TPSA) is 21.3 Å². The second-order valence-electron chi connectivity index (χ2n) is 4.49. The van der Waals surface area contributed by atoms with E-state index in [0.717, 1.165) is 26.1 Å². The highest BCUT2D eigenvalue weighted by atomic mass is 16.5. The number of hydrogen-bond acceptors (Lipinski definition) is 2. The van der Waals surface area contributed by atoms with Gasteiger partial charge in [-0.1, -0.05) is 35.9 Å². The van der Waals surface area contributed by atoms with Gasteiger partial charge >= 0.3 is 0 Å². The molecule has 0 bridgehead atoms. The molecule has 0 radical (unpaired) electrons. The zero-order valence-electron chi connectivity index (χ0n) is 9.41. The first-order valence-corrected chi connectivity index (χ1v) is 6.03. The molecule has 1 saturated heterocycles. The van der Waals surface area contributed by atoms with Crippen LogP contribution in [0, 0.1) is 0 Å². The maximum absolute atomic E-state index is 5.86. The molecule has 1 atom stereocenters. The molecule has 0 aliphatic carbocycles. The molecule has 3 rings (SSSR count). The molecule has 2 heteroatoms. The van der Waals surface area contributed by atoms with E-state index in [-0.39, 0.29) is 6.10 Å². The summed E-state index contributed by atoms with van der Waals surface area (Å²) in [5, 5.41) is 3.36. The lowest BCUT2D eigenvalue weighted by atomic mass is 9.96. The molecule has 0 amide bonds. The summed E-state index contributed by atoms with van der Waals surface area (Å²) in [6.07, 6.45) is 4.70. The van der Waals surface area contributed by atoms with E-state index in [1.807, 2.05) is 0 Å². The Labute approximate surface area is 96.3 Å². The van der Waals surface area contributed by atoms with Crippen molar-refractivity contribution in [1.29, 1.82) is 0 Å². The van der Waals surface area contributed by atoms with Crippen molar-refractivity contribution >= 4 is 0 Å². The third-order valence-corrected chi connectivity index (χ3v) is 3.39. The van der Waals surface area contributed by atoms with Crippen molar-refractivity contribution in [3.8, 4) is 0 Å². The predicted molar refractivity (Wildman–Crippen MR) is 64.4 cm³/mol. The van der Waals surface area contributed by atoms with E-state index < -0.39 is 0 Å². The lowest BCUT2D eigenvalue weighted by Gasteiger charge is -2.24. The Hall–Kier alpha value is -1.12.